The van der Waals surface area contributed by atoms with Crippen LogP contribution in [0.3, 0.4) is 0 Å². The number of allylic oxidation sites excluding steroid dienone is 1. The predicted octanol–water partition coefficient (Wildman–Crippen LogP) is 0.938. The van der Waals surface area contributed by atoms with Crippen LogP contribution in [-0.2, 0) is 0 Å². The molecule has 0 unspecified atom stereocenters. The lowest BCUT2D eigenvalue weighted by Crippen LogP contribution is -3.14. The second-order valence-corrected chi connectivity index (χ2v) is 4.75. The van der Waals surface area contributed by atoms with Crippen LogP contribution in [0.2, 0.25) is 0 Å². The summed E-state index contributed by atoms with van der Waals surface area (Å²) in [5.41, 5.74) is 1.26. The highest BCUT2D eigenvalue weighted by Crippen LogP contribution is 1.99. The Morgan fingerprint density at radius 1 is 1.21 bits per heavy atom. The summed E-state index contributed by atoms with van der Waals surface area (Å²) in [5.74, 6) is 0. The quantitative estimate of drug-likeness (QED) is 0.811. The molecule has 0 spiro atoms. The van der Waals surface area contributed by atoms with E-state index >= 15 is 0 Å². The van der Waals surface area contributed by atoms with Gasteiger partial charge < -0.3 is 9.80 Å². The Balaban J connectivity index is 1.73. The van der Waals surface area contributed by atoms with Gasteiger partial charge in [-0.25, -0.2) is 0 Å². The van der Waals surface area contributed by atoms with Crippen molar-refractivity contribution in [3.8, 4) is 6.07 Å². The molecule has 1 aliphatic heterocycles. The van der Waals surface area contributed by atoms with Crippen LogP contribution in [0.1, 0.15) is 5.56 Å². The van der Waals surface area contributed by atoms with Gasteiger partial charge in [0.05, 0.1) is 38.8 Å². The topological polar surface area (TPSA) is 31.5 Å². The first-order chi connectivity index (χ1) is 9.38. The monoisotopic (exact) mass is 254 g/mol. The number of hydrogen-bond acceptors (Lipinski definition) is 2. The molecule has 1 fully saturated rings. The van der Waals surface area contributed by atoms with Crippen molar-refractivity contribution >= 4 is 6.08 Å². The fourth-order valence-corrected chi connectivity index (χ4v) is 2.26. The molecule has 3 nitrogen and oxygen atoms in total. The van der Waals surface area contributed by atoms with Crippen LogP contribution in [-0.4, -0.2) is 37.6 Å². The van der Waals surface area contributed by atoms with Crippen molar-refractivity contribution in [3.05, 3.63) is 54.2 Å². The highest BCUT2D eigenvalue weighted by Gasteiger charge is 2.15. The third-order valence-corrected chi connectivity index (χ3v) is 3.38. The van der Waals surface area contributed by atoms with E-state index in [0.717, 1.165) is 32.7 Å². The first-order valence-corrected chi connectivity index (χ1v) is 6.74. The Bertz CT molecular complexity index is 463. The van der Waals surface area contributed by atoms with Gasteiger partial charge in [-0.3, -0.25) is 0 Å². The van der Waals surface area contributed by atoms with Crippen molar-refractivity contribution in [2.75, 3.05) is 32.7 Å². The number of quaternary nitrogens is 1. The second-order valence-electron chi connectivity index (χ2n) is 4.75. The molecule has 1 aromatic rings. The summed E-state index contributed by atoms with van der Waals surface area (Å²) in [6, 6.07) is 12.4. The van der Waals surface area contributed by atoms with Gasteiger partial charge in [0.1, 0.15) is 0 Å². The van der Waals surface area contributed by atoms with Gasteiger partial charge in [-0.1, -0.05) is 36.4 Å². The average molecular weight is 254 g/mol. The van der Waals surface area contributed by atoms with E-state index in [1.165, 1.54) is 5.56 Å². The van der Waals surface area contributed by atoms with Crippen LogP contribution in [0, 0.1) is 11.3 Å². The summed E-state index contributed by atoms with van der Waals surface area (Å²) in [6.45, 7) is 5.41. The maximum absolute atomic E-state index is 8.50. The summed E-state index contributed by atoms with van der Waals surface area (Å²) in [7, 11) is 0. The van der Waals surface area contributed by atoms with E-state index in [1.807, 2.05) is 18.3 Å². The van der Waals surface area contributed by atoms with Crippen LogP contribution in [0.15, 0.2) is 48.7 Å². The average Bonchev–Trinajstić information content (AvgIpc) is 2.47. The van der Waals surface area contributed by atoms with Crippen LogP contribution < -0.4 is 4.90 Å². The van der Waals surface area contributed by atoms with Gasteiger partial charge in [0.2, 0.25) is 0 Å². The Kier molecular flexibility index (Phi) is 5.21. The zero-order valence-corrected chi connectivity index (χ0v) is 11.1. The molecule has 0 radical (unpaired) electrons. The van der Waals surface area contributed by atoms with Gasteiger partial charge in [0.25, 0.3) is 0 Å². The third kappa shape index (κ3) is 4.61. The highest BCUT2D eigenvalue weighted by atomic mass is 15.2. The van der Waals surface area contributed by atoms with Crippen molar-refractivity contribution in [2.45, 2.75) is 0 Å². The van der Waals surface area contributed by atoms with Crippen molar-refractivity contribution in [3.63, 3.8) is 0 Å². The summed E-state index contributed by atoms with van der Waals surface area (Å²) in [4.78, 5) is 3.82. The minimum atomic E-state index is 1.03. The largest absolute Gasteiger partial charge is 0.365 e. The zero-order valence-electron chi connectivity index (χ0n) is 11.1. The van der Waals surface area contributed by atoms with E-state index in [4.69, 9.17) is 5.26 Å². The predicted molar refractivity (Wildman–Crippen MR) is 77.4 cm³/mol. The molecule has 0 aromatic heterocycles. The highest BCUT2D eigenvalue weighted by molar-refractivity contribution is 5.48. The van der Waals surface area contributed by atoms with Crippen LogP contribution in [0.4, 0.5) is 0 Å². The molecular formula is C16H20N3+. The molecule has 3 heteroatoms. The fourth-order valence-electron chi connectivity index (χ4n) is 2.26. The number of nitrogens with zero attached hydrogens (tertiary/aromatic N) is 2. The fraction of sp³-hybridized carbons (Fsp3) is 0.312. The number of benzene rings is 1. The van der Waals surface area contributed by atoms with E-state index in [-0.39, 0.29) is 0 Å². The van der Waals surface area contributed by atoms with E-state index in [2.05, 4.69) is 41.3 Å². The van der Waals surface area contributed by atoms with Crippen molar-refractivity contribution in [1.82, 2.24) is 4.90 Å². The number of nitrogens with one attached hydrogen (secondary N) is 1. The normalized spacial score (nSPS) is 17.1. The molecule has 0 saturated carbocycles. The Labute approximate surface area is 115 Å². The molecule has 1 N–H and O–H groups in total. The molecular weight excluding hydrogens is 234 g/mol. The summed E-state index contributed by atoms with van der Waals surface area (Å²) in [6.07, 6.45) is 7.90. The van der Waals surface area contributed by atoms with E-state index in [0.29, 0.717) is 0 Å². The molecule has 0 aliphatic carbocycles. The second kappa shape index (κ2) is 7.40. The standard InChI is InChI=1S/C16H19N3/c17-9-5-11-19-14-12-18(13-15-19)10-4-8-16-6-2-1-3-7-16/h1-8,11H,10,12-15H2/p+1/b8-4+,11-5+. The first kappa shape index (κ1) is 13.4. The van der Waals surface area contributed by atoms with Gasteiger partial charge in [0.15, 0.2) is 0 Å². The molecule has 1 heterocycles. The summed E-state index contributed by atoms with van der Waals surface area (Å²) >= 11 is 0. The molecule has 1 aromatic carbocycles. The van der Waals surface area contributed by atoms with Gasteiger partial charge in [-0.2, -0.15) is 5.26 Å². The number of nitriles is 1. The van der Waals surface area contributed by atoms with Crippen LogP contribution in [0.25, 0.3) is 6.08 Å². The molecule has 0 atom stereocenters. The minimum Gasteiger partial charge on any atom is -0.365 e. The van der Waals surface area contributed by atoms with E-state index in [9.17, 15) is 0 Å². The molecule has 0 amide bonds. The lowest BCUT2D eigenvalue weighted by atomic mass is 10.2. The zero-order chi connectivity index (χ0) is 13.3. The third-order valence-electron chi connectivity index (χ3n) is 3.38. The number of hydrogen-bond donors (Lipinski definition) is 1. The first-order valence-electron chi connectivity index (χ1n) is 6.74. The van der Waals surface area contributed by atoms with Crippen molar-refractivity contribution in [2.24, 2.45) is 0 Å². The van der Waals surface area contributed by atoms with Gasteiger partial charge in [-0.15, -0.1) is 0 Å². The maximum Gasteiger partial charge on any atom is 0.0962 e. The summed E-state index contributed by atoms with van der Waals surface area (Å²) in [5, 5.41) is 8.50. The maximum atomic E-state index is 8.50. The Hall–Kier alpha value is -2.05. The van der Waals surface area contributed by atoms with Gasteiger partial charge in [0, 0.05) is 12.3 Å². The number of rotatable bonds is 4. The van der Waals surface area contributed by atoms with Crippen LogP contribution in [0.5, 0.6) is 0 Å². The minimum absolute atomic E-state index is 1.03. The van der Waals surface area contributed by atoms with Gasteiger partial charge in [-0.05, 0) is 11.6 Å². The Morgan fingerprint density at radius 2 is 1.95 bits per heavy atom. The molecule has 1 saturated heterocycles. The molecule has 1 aliphatic rings. The Morgan fingerprint density at radius 3 is 2.63 bits per heavy atom. The lowest BCUT2D eigenvalue weighted by Gasteiger charge is -2.30. The van der Waals surface area contributed by atoms with Crippen molar-refractivity contribution < 1.29 is 4.90 Å². The van der Waals surface area contributed by atoms with Gasteiger partial charge >= 0.3 is 0 Å². The SMILES string of the molecule is N#C/C=C/N1CC[NH+](C/C=C/c2ccccc2)CC1. The van der Waals surface area contributed by atoms with Crippen LogP contribution >= 0.6 is 0 Å². The molecule has 0 bridgehead atoms. The smallest absolute Gasteiger partial charge is 0.0962 e. The number of piperazine rings is 1. The molecule has 98 valence electrons. The molecule has 19 heavy (non-hydrogen) atoms. The lowest BCUT2D eigenvalue weighted by molar-refractivity contribution is -0.898. The summed E-state index contributed by atoms with van der Waals surface area (Å²) < 4.78 is 0. The molecule has 2 rings (SSSR count). The van der Waals surface area contributed by atoms with E-state index < -0.39 is 0 Å². The van der Waals surface area contributed by atoms with Crippen molar-refractivity contribution in [1.29, 1.82) is 5.26 Å². The van der Waals surface area contributed by atoms with E-state index in [1.54, 1.807) is 11.0 Å².